The van der Waals surface area contributed by atoms with E-state index in [1.54, 1.807) is 13.0 Å². The van der Waals surface area contributed by atoms with Crippen LogP contribution in [0.4, 0.5) is 0 Å². The van der Waals surface area contributed by atoms with Crippen molar-refractivity contribution in [1.29, 1.82) is 0 Å². The Hall–Kier alpha value is -4.85. The standard InChI is InChI=1S/C27H33N5O14/c1-12-13-5-4-6-14(33)16(13)21(34)17-15(12)22(35)19-20(29(2)3)23(36)18(25(38)27(19,40)24(17)37)26(39)28-11-30(7-9-45-31(41)42)8-10-46-32(43)44/h4-6,12,15,19-20,22,33,35-37,40H,7-11H2,1-3H3,(H,28,39). The summed E-state index contributed by atoms with van der Waals surface area (Å²) in [6, 6.07) is 2.85. The summed E-state index contributed by atoms with van der Waals surface area (Å²) in [6.45, 7) is -0.401. The zero-order valence-corrected chi connectivity index (χ0v) is 24.9. The SMILES string of the molecule is CC1c2cccc(O)c2C(=O)C2=C(O)C3(O)C(=O)C(C(=O)NCN(CCO[N+](=O)[O-])CCO[N+](=O)[O-])=C(O)C(N(C)C)C3C(O)C21. The second-order valence-corrected chi connectivity index (χ2v) is 11.3. The Morgan fingerprint density at radius 2 is 1.65 bits per heavy atom. The predicted octanol–water partition coefficient (Wildman–Crippen LogP) is -1.04. The molecule has 4 rings (SSSR count). The van der Waals surface area contributed by atoms with Gasteiger partial charge in [0.1, 0.15) is 36.1 Å². The quantitative estimate of drug-likeness (QED) is 0.0681. The number of Topliss-reactive ketones (excluding diaryl/α,β-unsaturated/α-hetero) is 2. The number of phenols is 1. The van der Waals surface area contributed by atoms with Gasteiger partial charge in [-0.1, -0.05) is 19.1 Å². The van der Waals surface area contributed by atoms with Gasteiger partial charge in [0.15, 0.2) is 11.4 Å². The molecule has 6 atom stereocenters. The highest BCUT2D eigenvalue weighted by atomic mass is 17.0. The van der Waals surface area contributed by atoms with Crippen molar-refractivity contribution in [3.8, 4) is 5.75 Å². The number of hydrogen-bond acceptors (Lipinski definition) is 16. The average Bonchev–Trinajstić information content (AvgIpc) is 2.97. The van der Waals surface area contributed by atoms with Crippen LogP contribution < -0.4 is 5.32 Å². The maximum atomic E-state index is 14.0. The van der Waals surface area contributed by atoms with Gasteiger partial charge in [-0.3, -0.25) is 24.2 Å². The number of benzene rings is 1. The van der Waals surface area contributed by atoms with Crippen LogP contribution in [-0.4, -0.2) is 128 Å². The van der Waals surface area contributed by atoms with Gasteiger partial charge in [0.05, 0.1) is 30.3 Å². The van der Waals surface area contributed by atoms with E-state index in [1.807, 2.05) is 0 Å². The summed E-state index contributed by atoms with van der Waals surface area (Å²) in [6.07, 6.45) is -1.73. The second kappa shape index (κ2) is 12.9. The molecule has 6 unspecified atom stereocenters. The number of hydrogen-bond donors (Lipinski definition) is 6. The Labute approximate surface area is 260 Å². The first-order valence-electron chi connectivity index (χ1n) is 14.0. The molecule has 0 saturated carbocycles. The molecule has 0 aromatic heterocycles. The van der Waals surface area contributed by atoms with Crippen LogP contribution in [0, 0.1) is 32.1 Å². The lowest BCUT2D eigenvalue weighted by molar-refractivity contribution is -0.758. The zero-order valence-electron chi connectivity index (χ0n) is 24.9. The summed E-state index contributed by atoms with van der Waals surface area (Å²) in [5.74, 6) is -9.74. The highest BCUT2D eigenvalue weighted by Gasteiger charge is 2.67. The van der Waals surface area contributed by atoms with E-state index >= 15 is 0 Å². The summed E-state index contributed by atoms with van der Waals surface area (Å²) in [7, 11) is 2.84. The number of nitrogens with one attached hydrogen (secondary N) is 1. The number of phenolic OH excluding ortho intramolecular Hbond substituents is 1. The molecule has 1 amide bonds. The van der Waals surface area contributed by atoms with Gasteiger partial charge in [-0.25, -0.2) is 0 Å². The molecule has 0 bridgehead atoms. The van der Waals surface area contributed by atoms with Gasteiger partial charge in [0, 0.05) is 24.6 Å². The second-order valence-electron chi connectivity index (χ2n) is 11.3. The fourth-order valence-electron chi connectivity index (χ4n) is 6.59. The third kappa shape index (κ3) is 5.68. The maximum Gasteiger partial charge on any atom is 0.294 e. The third-order valence-electron chi connectivity index (χ3n) is 8.65. The molecule has 0 saturated heterocycles. The van der Waals surface area contributed by atoms with Crippen molar-refractivity contribution in [3.05, 3.63) is 72.2 Å². The first-order chi connectivity index (χ1) is 21.5. The number of likely N-dealkylation sites (N-methyl/N-ethyl adjacent to an activating group) is 1. The van der Waals surface area contributed by atoms with E-state index in [-0.39, 0.29) is 18.7 Å². The Morgan fingerprint density at radius 1 is 1.07 bits per heavy atom. The van der Waals surface area contributed by atoms with Gasteiger partial charge >= 0.3 is 0 Å². The Morgan fingerprint density at radius 3 is 2.20 bits per heavy atom. The summed E-state index contributed by atoms with van der Waals surface area (Å²) in [4.78, 5) is 73.1. The fourth-order valence-corrected chi connectivity index (χ4v) is 6.59. The molecule has 19 nitrogen and oxygen atoms in total. The van der Waals surface area contributed by atoms with Crippen LogP contribution in [-0.2, 0) is 19.3 Å². The molecule has 3 aliphatic rings. The van der Waals surface area contributed by atoms with Crippen LogP contribution in [0.1, 0.15) is 28.8 Å². The molecule has 0 fully saturated rings. The average molecular weight is 652 g/mol. The molecule has 1 aromatic rings. The number of rotatable bonds is 12. The summed E-state index contributed by atoms with van der Waals surface area (Å²) < 4.78 is 0. The Kier molecular flexibility index (Phi) is 9.52. The molecule has 0 heterocycles. The number of aliphatic hydroxyl groups excluding tert-OH is 3. The number of nitrogens with zero attached hydrogens (tertiary/aromatic N) is 4. The molecular formula is C27H33N5O14. The monoisotopic (exact) mass is 651 g/mol. The van der Waals surface area contributed by atoms with Crippen LogP contribution in [0.5, 0.6) is 5.75 Å². The van der Waals surface area contributed by atoms with Gasteiger partial charge in [-0.05, 0) is 31.6 Å². The van der Waals surface area contributed by atoms with E-state index < -0.39 is 111 Å². The summed E-state index contributed by atoms with van der Waals surface area (Å²) in [5, 5.41) is 78.2. The highest BCUT2D eigenvalue weighted by Crippen LogP contribution is 2.55. The minimum Gasteiger partial charge on any atom is -0.510 e. The van der Waals surface area contributed by atoms with Crippen molar-refractivity contribution in [2.75, 3.05) is 47.1 Å². The number of carbonyl (C=O) groups excluding carboxylic acids is 3. The number of carbonyl (C=O) groups is 3. The molecule has 3 aliphatic carbocycles. The Bertz CT molecular complexity index is 1510. The van der Waals surface area contributed by atoms with Crippen molar-refractivity contribution in [3.63, 3.8) is 0 Å². The first kappa shape index (κ1) is 34.0. The molecule has 1 aromatic carbocycles. The molecule has 250 valence electrons. The van der Waals surface area contributed by atoms with Crippen molar-refractivity contribution in [2.45, 2.75) is 30.6 Å². The molecule has 19 heteroatoms. The van der Waals surface area contributed by atoms with Crippen LogP contribution in [0.15, 0.2) is 40.9 Å². The third-order valence-corrected chi connectivity index (χ3v) is 8.65. The van der Waals surface area contributed by atoms with E-state index in [0.717, 1.165) is 0 Å². The van der Waals surface area contributed by atoms with Crippen molar-refractivity contribution in [2.24, 2.45) is 11.8 Å². The van der Waals surface area contributed by atoms with Crippen LogP contribution in [0.2, 0.25) is 0 Å². The molecule has 0 aliphatic heterocycles. The lowest BCUT2D eigenvalue weighted by Crippen LogP contribution is -2.68. The van der Waals surface area contributed by atoms with Crippen LogP contribution in [0.25, 0.3) is 0 Å². The number of aromatic hydroxyl groups is 1. The van der Waals surface area contributed by atoms with E-state index in [1.165, 1.54) is 36.0 Å². The van der Waals surface area contributed by atoms with E-state index in [2.05, 4.69) is 15.0 Å². The number of ketones is 2. The molecule has 46 heavy (non-hydrogen) atoms. The number of fused-ring (bicyclic) bond motifs is 3. The lowest BCUT2D eigenvalue weighted by atomic mass is 9.55. The largest absolute Gasteiger partial charge is 0.510 e. The normalized spacial score (nSPS) is 27.2. The van der Waals surface area contributed by atoms with E-state index in [4.69, 9.17) is 0 Å². The van der Waals surface area contributed by atoms with Crippen molar-refractivity contribution < 1.29 is 59.8 Å². The van der Waals surface area contributed by atoms with Gasteiger partial charge in [-0.2, -0.15) is 0 Å². The Balaban J connectivity index is 1.73. The zero-order chi connectivity index (χ0) is 34.2. The van der Waals surface area contributed by atoms with Gasteiger partial charge in [0.25, 0.3) is 16.1 Å². The van der Waals surface area contributed by atoms with E-state index in [9.17, 15) is 60.1 Å². The predicted molar refractivity (Wildman–Crippen MR) is 151 cm³/mol. The van der Waals surface area contributed by atoms with Crippen molar-refractivity contribution >= 4 is 17.5 Å². The van der Waals surface area contributed by atoms with Crippen molar-refractivity contribution in [1.82, 2.24) is 15.1 Å². The molecule has 0 spiro atoms. The molecular weight excluding hydrogens is 618 g/mol. The minimum absolute atomic E-state index is 0.187. The molecule has 0 radical (unpaired) electrons. The number of aliphatic hydroxyl groups is 4. The lowest BCUT2D eigenvalue weighted by Gasteiger charge is -2.53. The van der Waals surface area contributed by atoms with Gasteiger partial charge in [-0.15, -0.1) is 20.2 Å². The topological polar surface area (TPSA) is 276 Å². The van der Waals surface area contributed by atoms with Crippen LogP contribution in [0.3, 0.4) is 0 Å². The van der Waals surface area contributed by atoms with Gasteiger partial charge in [0.2, 0.25) is 5.78 Å². The highest BCUT2D eigenvalue weighted by molar-refractivity contribution is 6.25. The fraction of sp³-hybridized carbons (Fsp3) is 0.519. The minimum atomic E-state index is -3.09. The molecule has 6 N–H and O–H groups in total. The maximum absolute atomic E-state index is 14.0. The van der Waals surface area contributed by atoms with Crippen LogP contribution >= 0.6 is 0 Å². The first-order valence-corrected chi connectivity index (χ1v) is 14.0. The summed E-state index contributed by atoms with van der Waals surface area (Å²) in [5.41, 5.74) is -4.46. The number of amides is 1. The smallest absolute Gasteiger partial charge is 0.294 e. The van der Waals surface area contributed by atoms with Gasteiger partial charge < -0.3 is 40.5 Å². The van der Waals surface area contributed by atoms with E-state index in [0.29, 0.717) is 5.56 Å². The summed E-state index contributed by atoms with van der Waals surface area (Å²) >= 11 is 0.